The Morgan fingerprint density at radius 1 is 1.08 bits per heavy atom. The van der Waals surface area contributed by atoms with Gasteiger partial charge in [0.25, 0.3) is 15.6 Å². The zero-order valence-corrected chi connectivity index (χ0v) is 15.0. The number of anilines is 1. The van der Waals surface area contributed by atoms with Crippen LogP contribution in [0, 0.1) is 0 Å². The summed E-state index contributed by atoms with van der Waals surface area (Å²) in [6, 6.07) is 15.8. The lowest BCUT2D eigenvalue weighted by Crippen LogP contribution is -2.32. The van der Waals surface area contributed by atoms with E-state index >= 15 is 0 Å². The summed E-state index contributed by atoms with van der Waals surface area (Å²) >= 11 is 0. The lowest BCUT2D eigenvalue weighted by atomic mass is 10.1. The standard InChI is InChI=1S/C19H17N3O3S/c1-2-11-22-16-9-5-3-7-13(16)12-14(19(22)23)18-20-15-8-4-6-10-17(15)26(24,25)21-18/h3-10,12H,2,11H2,1H3,(H,20,21). The highest BCUT2D eigenvalue weighted by molar-refractivity contribution is 7.90. The highest BCUT2D eigenvalue weighted by Crippen LogP contribution is 2.28. The van der Waals surface area contributed by atoms with Crippen molar-refractivity contribution in [1.82, 2.24) is 4.57 Å². The second-order valence-electron chi connectivity index (χ2n) is 6.11. The maximum absolute atomic E-state index is 13.0. The van der Waals surface area contributed by atoms with Crippen molar-refractivity contribution >= 4 is 32.4 Å². The zero-order valence-electron chi connectivity index (χ0n) is 14.1. The van der Waals surface area contributed by atoms with Gasteiger partial charge in [-0.2, -0.15) is 8.42 Å². The monoisotopic (exact) mass is 367 g/mol. The van der Waals surface area contributed by atoms with E-state index in [1.165, 1.54) is 6.07 Å². The Bertz CT molecular complexity index is 1210. The number of pyridine rings is 1. The predicted octanol–water partition coefficient (Wildman–Crippen LogP) is 2.97. The number of sulfonamides is 1. The first-order valence-corrected chi connectivity index (χ1v) is 9.79. The number of fused-ring (bicyclic) bond motifs is 2. The first kappa shape index (κ1) is 16.5. The van der Waals surface area contributed by atoms with Crippen LogP contribution in [0.4, 0.5) is 5.69 Å². The van der Waals surface area contributed by atoms with Gasteiger partial charge < -0.3 is 9.88 Å². The minimum absolute atomic E-state index is 0.0595. The number of rotatable bonds is 3. The minimum Gasteiger partial charge on any atom is -0.338 e. The third-order valence-corrected chi connectivity index (χ3v) is 5.67. The highest BCUT2D eigenvalue weighted by atomic mass is 32.2. The minimum atomic E-state index is -3.86. The lowest BCUT2D eigenvalue weighted by Gasteiger charge is -2.19. The molecule has 1 aromatic heterocycles. The second kappa shape index (κ2) is 6.10. The molecule has 26 heavy (non-hydrogen) atoms. The van der Waals surface area contributed by atoms with Crippen molar-refractivity contribution in [2.45, 2.75) is 24.8 Å². The topological polar surface area (TPSA) is 80.5 Å². The molecule has 4 rings (SSSR count). The van der Waals surface area contributed by atoms with Crippen LogP contribution in [0.1, 0.15) is 18.9 Å². The first-order valence-electron chi connectivity index (χ1n) is 8.35. The van der Waals surface area contributed by atoms with Crippen LogP contribution >= 0.6 is 0 Å². The molecule has 0 saturated heterocycles. The van der Waals surface area contributed by atoms with Gasteiger partial charge >= 0.3 is 0 Å². The number of para-hydroxylation sites is 2. The van der Waals surface area contributed by atoms with E-state index in [1.807, 2.05) is 31.2 Å². The summed E-state index contributed by atoms with van der Waals surface area (Å²) in [6.07, 6.45) is 0.786. The van der Waals surface area contributed by atoms with E-state index in [1.54, 1.807) is 28.8 Å². The number of aromatic nitrogens is 1. The van der Waals surface area contributed by atoms with Crippen LogP contribution in [0.15, 0.2) is 68.7 Å². The van der Waals surface area contributed by atoms with Crippen LogP contribution in [0.3, 0.4) is 0 Å². The van der Waals surface area contributed by atoms with Crippen molar-refractivity contribution in [2.75, 3.05) is 5.32 Å². The van der Waals surface area contributed by atoms with Crippen molar-refractivity contribution < 1.29 is 8.42 Å². The average Bonchev–Trinajstić information content (AvgIpc) is 2.63. The molecule has 7 heteroatoms. The molecule has 1 N–H and O–H groups in total. The number of hydrogen-bond donors (Lipinski definition) is 1. The molecule has 1 aliphatic heterocycles. The molecular formula is C19H17N3O3S. The number of nitrogens with one attached hydrogen (secondary N) is 1. The van der Waals surface area contributed by atoms with E-state index in [0.29, 0.717) is 12.2 Å². The normalized spacial score (nSPS) is 15.2. The smallest absolute Gasteiger partial charge is 0.286 e. The molecule has 0 atom stereocenters. The summed E-state index contributed by atoms with van der Waals surface area (Å²) in [5.41, 5.74) is 1.23. The van der Waals surface area contributed by atoms with Gasteiger partial charge in [-0.1, -0.05) is 37.3 Å². The van der Waals surface area contributed by atoms with Crippen LogP contribution in [0.2, 0.25) is 0 Å². The van der Waals surface area contributed by atoms with E-state index in [4.69, 9.17) is 0 Å². The molecular weight excluding hydrogens is 350 g/mol. The van der Waals surface area contributed by atoms with Gasteiger partial charge in [0.1, 0.15) is 4.90 Å². The number of aryl methyl sites for hydroxylation is 1. The van der Waals surface area contributed by atoms with E-state index in [-0.39, 0.29) is 21.9 Å². The molecule has 132 valence electrons. The van der Waals surface area contributed by atoms with Crippen molar-refractivity contribution in [3.8, 4) is 0 Å². The van der Waals surface area contributed by atoms with Crippen LogP contribution in [-0.4, -0.2) is 18.8 Å². The van der Waals surface area contributed by atoms with Gasteiger partial charge in [-0.05, 0) is 36.1 Å². The molecule has 0 amide bonds. The number of benzene rings is 2. The maximum Gasteiger partial charge on any atom is 0.286 e. The summed E-state index contributed by atoms with van der Waals surface area (Å²) in [6.45, 7) is 2.54. The molecule has 2 heterocycles. The van der Waals surface area contributed by atoms with Gasteiger partial charge in [0, 0.05) is 6.54 Å². The van der Waals surface area contributed by atoms with E-state index in [2.05, 4.69) is 9.71 Å². The molecule has 2 aromatic carbocycles. The van der Waals surface area contributed by atoms with Gasteiger partial charge in [0.15, 0.2) is 5.84 Å². The third-order valence-electron chi connectivity index (χ3n) is 4.33. The Labute approximate surface area is 150 Å². The molecule has 0 unspecified atom stereocenters. The summed E-state index contributed by atoms with van der Waals surface area (Å²) in [5.74, 6) is 0.0595. The fourth-order valence-electron chi connectivity index (χ4n) is 3.17. The molecule has 0 spiro atoms. The number of amidine groups is 1. The summed E-state index contributed by atoms with van der Waals surface area (Å²) in [4.78, 5) is 13.2. The lowest BCUT2D eigenvalue weighted by molar-refractivity contribution is 0.598. The third kappa shape index (κ3) is 2.61. The van der Waals surface area contributed by atoms with Gasteiger partial charge in [-0.15, -0.1) is 4.40 Å². The molecule has 0 radical (unpaired) electrons. The average molecular weight is 367 g/mol. The Hall–Kier alpha value is -2.93. The maximum atomic E-state index is 13.0. The van der Waals surface area contributed by atoms with Crippen molar-refractivity contribution in [2.24, 2.45) is 4.40 Å². The van der Waals surface area contributed by atoms with Crippen LogP contribution in [0.25, 0.3) is 10.9 Å². The molecule has 0 fully saturated rings. The summed E-state index contributed by atoms with van der Waals surface area (Å²) in [5, 5.41) is 3.86. The molecule has 6 nitrogen and oxygen atoms in total. The first-order chi connectivity index (χ1) is 12.5. The molecule has 0 aliphatic carbocycles. The predicted molar refractivity (Wildman–Crippen MR) is 102 cm³/mol. The van der Waals surface area contributed by atoms with Crippen molar-refractivity contribution in [3.63, 3.8) is 0 Å². The number of nitrogens with zero attached hydrogens (tertiary/aromatic N) is 2. The van der Waals surface area contributed by atoms with Gasteiger partial charge in [-0.25, -0.2) is 0 Å². The Morgan fingerprint density at radius 2 is 1.81 bits per heavy atom. The zero-order chi connectivity index (χ0) is 18.3. The van der Waals surface area contributed by atoms with Gasteiger partial charge in [0.2, 0.25) is 0 Å². The largest absolute Gasteiger partial charge is 0.338 e. The van der Waals surface area contributed by atoms with E-state index < -0.39 is 10.0 Å². The van der Waals surface area contributed by atoms with Crippen LogP contribution in [0.5, 0.6) is 0 Å². The quantitative estimate of drug-likeness (QED) is 0.772. The van der Waals surface area contributed by atoms with Crippen LogP contribution in [-0.2, 0) is 16.6 Å². The second-order valence-corrected chi connectivity index (χ2v) is 7.68. The molecule has 0 saturated carbocycles. The number of hydrogen-bond acceptors (Lipinski definition) is 4. The van der Waals surface area contributed by atoms with E-state index in [0.717, 1.165) is 17.3 Å². The summed E-state index contributed by atoms with van der Waals surface area (Å²) in [7, 11) is -3.86. The fourth-order valence-corrected chi connectivity index (χ4v) is 4.30. The van der Waals surface area contributed by atoms with Gasteiger partial charge in [0.05, 0.1) is 16.8 Å². The molecule has 0 bridgehead atoms. The van der Waals surface area contributed by atoms with Crippen molar-refractivity contribution in [3.05, 3.63) is 70.5 Å². The fraction of sp³-hybridized carbons (Fsp3) is 0.158. The molecule has 3 aromatic rings. The Morgan fingerprint density at radius 3 is 2.62 bits per heavy atom. The molecule has 1 aliphatic rings. The SMILES string of the molecule is CCCn1c(=O)c(C2=NS(=O)(=O)c3ccccc3N2)cc2ccccc21. The highest BCUT2D eigenvalue weighted by Gasteiger charge is 2.26. The summed E-state index contributed by atoms with van der Waals surface area (Å²) < 4.78 is 30.5. The Balaban J connectivity index is 1.97. The van der Waals surface area contributed by atoms with Crippen LogP contribution < -0.4 is 10.9 Å². The Kier molecular flexibility index (Phi) is 3.88. The van der Waals surface area contributed by atoms with Gasteiger partial charge in [-0.3, -0.25) is 4.79 Å². The van der Waals surface area contributed by atoms with Crippen molar-refractivity contribution in [1.29, 1.82) is 0 Å². The van der Waals surface area contributed by atoms with E-state index in [9.17, 15) is 13.2 Å².